The maximum atomic E-state index is 12.2. The van der Waals surface area contributed by atoms with Gasteiger partial charge in [0, 0.05) is 20.3 Å². The fourth-order valence-corrected chi connectivity index (χ4v) is 2.74. The molecule has 0 fully saturated rings. The van der Waals surface area contributed by atoms with Crippen molar-refractivity contribution in [2.75, 3.05) is 0 Å². The number of rotatable bonds is 2. The van der Waals surface area contributed by atoms with Crippen LogP contribution in [-0.4, -0.2) is 29.2 Å². The second kappa shape index (κ2) is 5.43. The summed E-state index contributed by atoms with van der Waals surface area (Å²) in [7, 11) is 2.72. The summed E-state index contributed by atoms with van der Waals surface area (Å²) in [5.74, 6) is -0.428. The number of aliphatic imine (C=N–C) groups is 1. The third kappa shape index (κ3) is 2.34. The van der Waals surface area contributed by atoms with Crippen molar-refractivity contribution in [3.8, 4) is 5.88 Å². The van der Waals surface area contributed by atoms with Gasteiger partial charge in [-0.2, -0.15) is 8.75 Å². The molecular formula is C14H13N5O3S. The molecule has 3 aromatic rings. The predicted molar refractivity (Wildman–Crippen MR) is 88.0 cm³/mol. The van der Waals surface area contributed by atoms with Crippen LogP contribution >= 0.6 is 11.7 Å². The number of fused-ring (bicyclic) bond motifs is 1. The molecule has 0 unspecified atom stereocenters. The number of aromatic hydroxyl groups is 1. The van der Waals surface area contributed by atoms with Crippen LogP contribution in [0.4, 0.5) is 5.69 Å². The van der Waals surface area contributed by atoms with E-state index in [4.69, 9.17) is 0 Å². The summed E-state index contributed by atoms with van der Waals surface area (Å²) in [5, 5.41) is 10.0. The summed E-state index contributed by atoms with van der Waals surface area (Å²) in [6.07, 6.45) is 1.25. The Morgan fingerprint density at radius 1 is 1.22 bits per heavy atom. The summed E-state index contributed by atoms with van der Waals surface area (Å²) in [6, 6.07) is 3.70. The van der Waals surface area contributed by atoms with Gasteiger partial charge in [-0.15, -0.1) is 0 Å². The first-order valence-corrected chi connectivity index (χ1v) is 7.39. The highest BCUT2D eigenvalue weighted by molar-refractivity contribution is 7.00. The van der Waals surface area contributed by atoms with E-state index >= 15 is 0 Å². The molecule has 2 aromatic heterocycles. The Hall–Kier alpha value is -2.81. The first-order valence-electron chi connectivity index (χ1n) is 6.66. The van der Waals surface area contributed by atoms with E-state index in [1.54, 1.807) is 0 Å². The maximum Gasteiger partial charge on any atom is 0.333 e. The molecule has 9 heteroatoms. The van der Waals surface area contributed by atoms with E-state index in [1.165, 1.54) is 20.3 Å². The Bertz CT molecular complexity index is 1060. The fraction of sp³-hybridized carbons (Fsp3) is 0.214. The Labute approximate surface area is 134 Å². The van der Waals surface area contributed by atoms with Crippen LogP contribution in [0.3, 0.4) is 0 Å². The predicted octanol–water partition coefficient (Wildman–Crippen LogP) is 0.853. The van der Waals surface area contributed by atoms with Crippen LogP contribution in [0.25, 0.3) is 11.0 Å². The topological polar surface area (TPSA) is 102 Å². The monoisotopic (exact) mass is 331 g/mol. The molecule has 0 spiro atoms. The number of hydrogen-bond donors (Lipinski definition) is 1. The average Bonchev–Trinajstić information content (AvgIpc) is 3.01. The van der Waals surface area contributed by atoms with E-state index in [0.29, 0.717) is 16.7 Å². The van der Waals surface area contributed by atoms with Gasteiger partial charge >= 0.3 is 5.69 Å². The second-order valence-electron chi connectivity index (χ2n) is 5.06. The number of benzene rings is 1. The van der Waals surface area contributed by atoms with Crippen LogP contribution in [0.2, 0.25) is 0 Å². The lowest BCUT2D eigenvalue weighted by Crippen LogP contribution is -2.38. The van der Waals surface area contributed by atoms with Crippen molar-refractivity contribution in [1.29, 1.82) is 0 Å². The first kappa shape index (κ1) is 15.1. The number of aromatic nitrogens is 4. The van der Waals surface area contributed by atoms with Crippen molar-refractivity contribution < 1.29 is 5.11 Å². The largest absolute Gasteiger partial charge is 0.494 e. The van der Waals surface area contributed by atoms with Crippen LogP contribution in [-0.2, 0) is 14.1 Å². The van der Waals surface area contributed by atoms with Crippen molar-refractivity contribution in [3.05, 3.63) is 44.1 Å². The molecule has 118 valence electrons. The van der Waals surface area contributed by atoms with E-state index in [0.717, 1.165) is 26.4 Å². The summed E-state index contributed by atoms with van der Waals surface area (Å²) >= 11 is 1.08. The summed E-state index contributed by atoms with van der Waals surface area (Å²) in [5.41, 5.74) is 1.50. The molecule has 8 nitrogen and oxygen atoms in total. The Kier molecular flexibility index (Phi) is 3.57. The smallest absolute Gasteiger partial charge is 0.333 e. The van der Waals surface area contributed by atoms with E-state index in [1.807, 2.05) is 19.1 Å². The van der Waals surface area contributed by atoms with Crippen molar-refractivity contribution in [3.63, 3.8) is 0 Å². The van der Waals surface area contributed by atoms with Crippen LogP contribution in [0.15, 0.2) is 26.7 Å². The minimum absolute atomic E-state index is 0.0609. The lowest BCUT2D eigenvalue weighted by Gasteiger charge is -2.07. The van der Waals surface area contributed by atoms with Gasteiger partial charge in [0.1, 0.15) is 16.6 Å². The van der Waals surface area contributed by atoms with Crippen molar-refractivity contribution in [1.82, 2.24) is 17.9 Å². The van der Waals surface area contributed by atoms with E-state index in [2.05, 4.69) is 13.7 Å². The van der Waals surface area contributed by atoms with Gasteiger partial charge in [-0.05, 0) is 18.6 Å². The summed E-state index contributed by atoms with van der Waals surface area (Å²) < 4.78 is 10.3. The van der Waals surface area contributed by atoms with Gasteiger partial charge in [0.2, 0.25) is 5.88 Å². The molecule has 0 aliphatic rings. The van der Waals surface area contributed by atoms with Crippen LogP contribution in [0, 0.1) is 6.92 Å². The quantitative estimate of drug-likeness (QED) is 0.701. The van der Waals surface area contributed by atoms with Crippen molar-refractivity contribution in [2.45, 2.75) is 6.92 Å². The number of hydrogen-bond acceptors (Lipinski definition) is 7. The van der Waals surface area contributed by atoms with Gasteiger partial charge in [0.25, 0.3) is 5.56 Å². The maximum absolute atomic E-state index is 12.2. The standard InChI is InChI=1S/C14H13N5O3S/c1-7-4-5-9-11(17-23-16-9)10(7)15-6-8-12(20)18(2)14(22)19(3)13(8)21/h4-6,20H,1-3H3. The highest BCUT2D eigenvalue weighted by atomic mass is 32.1. The van der Waals surface area contributed by atoms with Crippen molar-refractivity contribution >= 4 is 34.7 Å². The second-order valence-corrected chi connectivity index (χ2v) is 5.59. The van der Waals surface area contributed by atoms with Gasteiger partial charge in [-0.1, -0.05) is 6.07 Å². The molecule has 0 saturated heterocycles. The lowest BCUT2D eigenvalue weighted by atomic mass is 10.1. The molecule has 0 bridgehead atoms. The minimum atomic E-state index is -0.615. The van der Waals surface area contributed by atoms with E-state index in [9.17, 15) is 14.7 Å². The van der Waals surface area contributed by atoms with Gasteiger partial charge < -0.3 is 5.11 Å². The Morgan fingerprint density at radius 3 is 2.70 bits per heavy atom. The Balaban J connectivity index is 2.21. The molecule has 1 aromatic carbocycles. The molecule has 1 N–H and O–H groups in total. The molecule has 0 radical (unpaired) electrons. The van der Waals surface area contributed by atoms with E-state index in [-0.39, 0.29) is 5.56 Å². The SMILES string of the molecule is Cc1ccc2nsnc2c1N=Cc1c(O)n(C)c(=O)n(C)c1=O. The fourth-order valence-electron chi connectivity index (χ4n) is 2.20. The summed E-state index contributed by atoms with van der Waals surface area (Å²) in [4.78, 5) is 28.2. The molecule has 0 aliphatic heterocycles. The zero-order valence-electron chi connectivity index (χ0n) is 12.6. The van der Waals surface area contributed by atoms with Crippen LogP contribution in [0.1, 0.15) is 11.1 Å². The molecular weight excluding hydrogens is 318 g/mol. The average molecular weight is 331 g/mol. The number of nitrogens with zero attached hydrogens (tertiary/aromatic N) is 5. The zero-order valence-corrected chi connectivity index (χ0v) is 13.5. The molecule has 0 atom stereocenters. The normalized spacial score (nSPS) is 11.6. The molecule has 23 heavy (non-hydrogen) atoms. The molecule has 2 heterocycles. The van der Waals surface area contributed by atoms with Crippen molar-refractivity contribution in [2.24, 2.45) is 19.1 Å². The van der Waals surface area contributed by atoms with Crippen LogP contribution < -0.4 is 11.2 Å². The van der Waals surface area contributed by atoms with E-state index < -0.39 is 17.1 Å². The molecule has 0 saturated carbocycles. The highest BCUT2D eigenvalue weighted by Gasteiger charge is 2.14. The van der Waals surface area contributed by atoms with Gasteiger partial charge in [0.15, 0.2) is 0 Å². The third-order valence-corrected chi connectivity index (χ3v) is 4.14. The van der Waals surface area contributed by atoms with Gasteiger partial charge in [-0.3, -0.25) is 18.9 Å². The Morgan fingerprint density at radius 2 is 1.96 bits per heavy atom. The third-order valence-electron chi connectivity index (χ3n) is 3.59. The summed E-state index contributed by atoms with van der Waals surface area (Å²) in [6.45, 7) is 1.87. The molecule has 0 amide bonds. The lowest BCUT2D eigenvalue weighted by molar-refractivity contribution is 0.410. The zero-order chi connectivity index (χ0) is 16.7. The first-order chi connectivity index (χ1) is 10.9. The number of aryl methyl sites for hydroxylation is 1. The van der Waals surface area contributed by atoms with Crippen LogP contribution in [0.5, 0.6) is 5.88 Å². The minimum Gasteiger partial charge on any atom is -0.494 e. The van der Waals surface area contributed by atoms with Gasteiger partial charge in [0.05, 0.1) is 17.4 Å². The highest BCUT2D eigenvalue weighted by Crippen LogP contribution is 2.28. The van der Waals surface area contributed by atoms with Gasteiger partial charge in [-0.25, -0.2) is 4.79 Å². The molecule has 0 aliphatic carbocycles. The molecule has 3 rings (SSSR count).